The van der Waals surface area contributed by atoms with Crippen molar-refractivity contribution in [3.63, 3.8) is 0 Å². The van der Waals surface area contributed by atoms with Crippen molar-refractivity contribution in [1.29, 1.82) is 5.26 Å². The normalized spacial score (nSPS) is 9.82. The molecule has 8 nitrogen and oxygen atoms in total. The molecule has 0 aliphatic rings. The van der Waals surface area contributed by atoms with E-state index < -0.39 is 9.85 Å². The summed E-state index contributed by atoms with van der Waals surface area (Å²) in [5, 5.41) is 30.9. The zero-order chi connectivity index (χ0) is 16.3. The Kier molecular flexibility index (Phi) is 3.99. The molecule has 8 heteroatoms. The van der Waals surface area contributed by atoms with Gasteiger partial charge in [0, 0.05) is 18.2 Å². The molecule has 0 spiro atoms. The predicted octanol–water partition coefficient (Wildman–Crippen LogP) is 3.48. The lowest BCUT2D eigenvalue weighted by atomic mass is 10.2. The fourth-order valence-corrected chi connectivity index (χ4v) is 1.79. The van der Waals surface area contributed by atoms with Crippen molar-refractivity contribution in [1.82, 2.24) is 0 Å². The molecule has 110 valence electrons. The van der Waals surface area contributed by atoms with Gasteiger partial charge in [-0.25, -0.2) is 0 Å². The predicted molar refractivity (Wildman–Crippen MR) is 75.7 cm³/mol. The minimum Gasteiger partial charge on any atom is -0.443 e. The Morgan fingerprint density at radius 2 is 1.55 bits per heavy atom. The quantitative estimate of drug-likeness (QED) is 0.629. The first-order chi connectivity index (χ1) is 10.4. The number of nitrogens with zero attached hydrogens (tertiary/aromatic N) is 3. The zero-order valence-electron chi connectivity index (χ0n) is 11.3. The van der Waals surface area contributed by atoms with Crippen LogP contribution in [-0.4, -0.2) is 9.85 Å². The molecule has 0 unspecified atom stereocenters. The first kappa shape index (κ1) is 14.9. The molecule has 0 heterocycles. The van der Waals surface area contributed by atoms with E-state index in [9.17, 15) is 20.2 Å². The molecule has 2 rings (SSSR count). The van der Waals surface area contributed by atoms with Gasteiger partial charge in [0.1, 0.15) is 0 Å². The SMILES string of the molecule is Cc1ccc([N+](=O)[O-])c(Oc2cc(C#N)ccc2[N+](=O)[O-])c1. The van der Waals surface area contributed by atoms with Gasteiger partial charge in [-0.05, 0) is 24.6 Å². The third-order valence-corrected chi connectivity index (χ3v) is 2.82. The fraction of sp³-hybridized carbons (Fsp3) is 0.0714. The summed E-state index contributed by atoms with van der Waals surface area (Å²) in [6.07, 6.45) is 0. The van der Waals surface area contributed by atoms with Gasteiger partial charge in [0.15, 0.2) is 0 Å². The highest BCUT2D eigenvalue weighted by atomic mass is 16.6. The van der Waals surface area contributed by atoms with Crippen molar-refractivity contribution in [2.24, 2.45) is 0 Å². The number of nitro benzene ring substituents is 2. The lowest BCUT2D eigenvalue weighted by Gasteiger charge is -2.08. The van der Waals surface area contributed by atoms with Gasteiger partial charge in [0.2, 0.25) is 11.5 Å². The van der Waals surface area contributed by atoms with E-state index in [1.165, 1.54) is 30.3 Å². The van der Waals surface area contributed by atoms with E-state index in [2.05, 4.69) is 0 Å². The Hall–Kier alpha value is -3.47. The summed E-state index contributed by atoms with van der Waals surface area (Å²) in [7, 11) is 0. The molecule has 22 heavy (non-hydrogen) atoms. The van der Waals surface area contributed by atoms with Crippen molar-refractivity contribution in [2.75, 3.05) is 0 Å². The van der Waals surface area contributed by atoms with E-state index in [1.807, 2.05) is 6.07 Å². The molecule has 0 aliphatic heterocycles. The minimum absolute atomic E-state index is 0.122. The van der Waals surface area contributed by atoms with Crippen LogP contribution in [0.5, 0.6) is 11.5 Å². The summed E-state index contributed by atoms with van der Waals surface area (Å²) in [6, 6.07) is 9.59. The van der Waals surface area contributed by atoms with Crippen LogP contribution in [0.1, 0.15) is 11.1 Å². The van der Waals surface area contributed by atoms with Crippen LogP contribution in [0.25, 0.3) is 0 Å². The summed E-state index contributed by atoms with van der Waals surface area (Å²) in [6.45, 7) is 1.71. The monoisotopic (exact) mass is 299 g/mol. The van der Waals surface area contributed by atoms with Gasteiger partial charge in [0.25, 0.3) is 0 Å². The standard InChI is InChI=1S/C14H9N3O5/c1-9-2-4-11(16(18)19)13(6-9)22-14-7-10(8-15)3-5-12(14)17(20)21/h2-7H,1H3. The average molecular weight is 299 g/mol. The number of nitriles is 1. The topological polar surface area (TPSA) is 119 Å². The second-order valence-corrected chi connectivity index (χ2v) is 4.38. The molecule has 0 aromatic heterocycles. The minimum atomic E-state index is -0.682. The molecule has 2 aromatic rings. The van der Waals surface area contributed by atoms with Crippen LogP contribution in [0, 0.1) is 38.5 Å². The maximum Gasteiger partial charge on any atom is 0.311 e. The maximum absolute atomic E-state index is 11.0. The molecule has 0 radical (unpaired) electrons. The van der Waals surface area contributed by atoms with E-state index in [0.717, 1.165) is 6.07 Å². The largest absolute Gasteiger partial charge is 0.443 e. The molecule has 0 fully saturated rings. The van der Waals surface area contributed by atoms with Crippen LogP contribution in [0.2, 0.25) is 0 Å². The highest BCUT2D eigenvalue weighted by Gasteiger charge is 2.21. The molecule has 2 aromatic carbocycles. The molecule has 0 atom stereocenters. The number of rotatable bonds is 4. The molecule has 0 N–H and O–H groups in total. The Bertz CT molecular complexity index is 811. The first-order valence-corrected chi connectivity index (χ1v) is 6.04. The number of aryl methyl sites for hydroxylation is 1. The highest BCUT2D eigenvalue weighted by Crippen LogP contribution is 2.37. The van der Waals surface area contributed by atoms with E-state index in [4.69, 9.17) is 10.00 Å². The second kappa shape index (κ2) is 5.88. The van der Waals surface area contributed by atoms with Gasteiger partial charge in [-0.2, -0.15) is 5.26 Å². The lowest BCUT2D eigenvalue weighted by Crippen LogP contribution is -1.97. The molecule has 0 saturated carbocycles. The Balaban J connectivity index is 2.55. The van der Waals surface area contributed by atoms with Crippen LogP contribution in [0.4, 0.5) is 11.4 Å². The summed E-state index contributed by atoms with van der Waals surface area (Å²) in [5.74, 6) is -0.346. The van der Waals surface area contributed by atoms with Crippen molar-refractivity contribution < 1.29 is 14.6 Å². The van der Waals surface area contributed by atoms with Gasteiger partial charge in [-0.1, -0.05) is 6.07 Å². The lowest BCUT2D eigenvalue weighted by molar-refractivity contribution is -0.387. The molecular formula is C14H9N3O5. The van der Waals surface area contributed by atoms with E-state index >= 15 is 0 Å². The number of benzene rings is 2. The van der Waals surface area contributed by atoms with Crippen LogP contribution in [0.15, 0.2) is 36.4 Å². The average Bonchev–Trinajstić information content (AvgIpc) is 2.46. The molecular weight excluding hydrogens is 290 g/mol. The van der Waals surface area contributed by atoms with Crippen molar-refractivity contribution in [2.45, 2.75) is 6.92 Å². The van der Waals surface area contributed by atoms with E-state index in [1.54, 1.807) is 6.92 Å². The first-order valence-electron chi connectivity index (χ1n) is 6.04. The van der Waals surface area contributed by atoms with Crippen molar-refractivity contribution in [3.05, 3.63) is 67.8 Å². The smallest absolute Gasteiger partial charge is 0.311 e. The number of hydrogen-bond acceptors (Lipinski definition) is 6. The van der Waals surface area contributed by atoms with Crippen molar-refractivity contribution >= 4 is 11.4 Å². The second-order valence-electron chi connectivity index (χ2n) is 4.38. The number of hydrogen-bond donors (Lipinski definition) is 0. The van der Waals surface area contributed by atoms with Crippen LogP contribution < -0.4 is 4.74 Å². The Morgan fingerprint density at radius 3 is 2.09 bits per heavy atom. The number of ether oxygens (including phenoxy) is 1. The zero-order valence-corrected chi connectivity index (χ0v) is 11.3. The summed E-state index contributed by atoms with van der Waals surface area (Å²) >= 11 is 0. The van der Waals surface area contributed by atoms with Gasteiger partial charge >= 0.3 is 11.4 Å². The molecule has 0 aliphatic carbocycles. The molecule has 0 bridgehead atoms. The third kappa shape index (κ3) is 2.99. The van der Waals surface area contributed by atoms with Gasteiger partial charge in [-0.15, -0.1) is 0 Å². The maximum atomic E-state index is 11.0. The Labute approximate surface area is 124 Å². The molecule has 0 saturated heterocycles. The third-order valence-electron chi connectivity index (χ3n) is 2.82. The summed E-state index contributed by atoms with van der Waals surface area (Å²) < 4.78 is 5.35. The van der Waals surface area contributed by atoms with Crippen LogP contribution >= 0.6 is 0 Å². The number of nitro groups is 2. The van der Waals surface area contributed by atoms with Gasteiger partial charge in [-0.3, -0.25) is 20.2 Å². The van der Waals surface area contributed by atoms with Gasteiger partial charge < -0.3 is 4.74 Å². The van der Waals surface area contributed by atoms with Crippen LogP contribution in [-0.2, 0) is 0 Å². The van der Waals surface area contributed by atoms with E-state index in [0.29, 0.717) is 5.56 Å². The van der Waals surface area contributed by atoms with Crippen molar-refractivity contribution in [3.8, 4) is 17.6 Å². The summed E-state index contributed by atoms with van der Waals surface area (Å²) in [4.78, 5) is 20.7. The van der Waals surface area contributed by atoms with Crippen LogP contribution in [0.3, 0.4) is 0 Å². The van der Waals surface area contributed by atoms with Gasteiger partial charge in [0.05, 0.1) is 21.5 Å². The highest BCUT2D eigenvalue weighted by molar-refractivity contribution is 5.56. The fourth-order valence-electron chi connectivity index (χ4n) is 1.79. The summed E-state index contributed by atoms with van der Waals surface area (Å²) in [5.41, 5.74) is 0.146. The Morgan fingerprint density at radius 1 is 1.00 bits per heavy atom. The van der Waals surface area contributed by atoms with E-state index in [-0.39, 0.29) is 28.4 Å². The molecule has 0 amide bonds.